The topological polar surface area (TPSA) is 28.2 Å². The first-order valence-corrected chi connectivity index (χ1v) is 6.57. The van der Waals surface area contributed by atoms with Crippen LogP contribution in [0.5, 0.6) is 0 Å². The molecule has 1 N–H and O–H groups in total. The van der Waals surface area contributed by atoms with Crippen molar-refractivity contribution in [2.45, 2.75) is 20.0 Å². The lowest BCUT2D eigenvalue weighted by Gasteiger charge is -2.20. The molecule has 0 saturated heterocycles. The molecule has 0 aliphatic heterocycles. The van der Waals surface area contributed by atoms with Crippen molar-refractivity contribution >= 4 is 5.82 Å². The van der Waals surface area contributed by atoms with Crippen LogP contribution in [0.25, 0.3) is 0 Å². The Morgan fingerprint density at radius 1 is 1.11 bits per heavy atom. The monoisotopic (exact) mass is 255 g/mol. The van der Waals surface area contributed by atoms with Crippen LogP contribution in [0, 0.1) is 6.92 Å². The van der Waals surface area contributed by atoms with Gasteiger partial charge in [0.25, 0.3) is 0 Å². The summed E-state index contributed by atoms with van der Waals surface area (Å²) in [5.41, 5.74) is 3.73. The van der Waals surface area contributed by atoms with Crippen molar-refractivity contribution in [2.24, 2.45) is 0 Å². The first-order valence-electron chi connectivity index (χ1n) is 6.57. The Bertz CT molecular complexity index is 537. The average Bonchev–Trinajstić information content (AvgIpc) is 2.42. The maximum absolute atomic E-state index is 4.65. The van der Waals surface area contributed by atoms with E-state index in [2.05, 4.69) is 65.6 Å². The summed E-state index contributed by atoms with van der Waals surface area (Å²) < 4.78 is 0. The van der Waals surface area contributed by atoms with E-state index in [4.69, 9.17) is 0 Å². The number of aryl methyl sites for hydroxylation is 1. The number of rotatable bonds is 5. The molecule has 0 amide bonds. The summed E-state index contributed by atoms with van der Waals surface area (Å²) in [6, 6.07) is 14.6. The Morgan fingerprint density at radius 2 is 1.89 bits per heavy atom. The second kappa shape index (κ2) is 6.34. The van der Waals surface area contributed by atoms with Gasteiger partial charge in [0.2, 0.25) is 0 Å². The van der Waals surface area contributed by atoms with Crippen LogP contribution >= 0.6 is 0 Å². The molecule has 1 aromatic heterocycles. The fourth-order valence-corrected chi connectivity index (χ4v) is 2.08. The molecule has 2 aromatic rings. The molecule has 100 valence electrons. The van der Waals surface area contributed by atoms with Gasteiger partial charge < -0.3 is 10.2 Å². The van der Waals surface area contributed by atoms with Gasteiger partial charge in [0.05, 0.1) is 5.69 Å². The zero-order chi connectivity index (χ0) is 13.7. The van der Waals surface area contributed by atoms with Gasteiger partial charge in [-0.3, -0.25) is 0 Å². The van der Waals surface area contributed by atoms with Gasteiger partial charge in [0.1, 0.15) is 5.82 Å². The van der Waals surface area contributed by atoms with Crippen molar-refractivity contribution in [3.8, 4) is 0 Å². The summed E-state index contributed by atoms with van der Waals surface area (Å²) in [7, 11) is 4.02. The number of nitrogens with zero attached hydrogens (tertiary/aromatic N) is 2. The van der Waals surface area contributed by atoms with Crippen LogP contribution in [0.3, 0.4) is 0 Å². The van der Waals surface area contributed by atoms with Crippen molar-refractivity contribution in [3.05, 3.63) is 59.3 Å². The zero-order valence-corrected chi connectivity index (χ0v) is 11.9. The fraction of sp³-hybridized carbons (Fsp3) is 0.312. The van der Waals surface area contributed by atoms with Gasteiger partial charge in [0, 0.05) is 20.1 Å². The summed E-state index contributed by atoms with van der Waals surface area (Å²) in [6.45, 7) is 3.82. The third-order valence-electron chi connectivity index (χ3n) is 3.21. The maximum Gasteiger partial charge on any atom is 0.128 e. The molecule has 19 heavy (non-hydrogen) atoms. The predicted octanol–water partition coefficient (Wildman–Crippen LogP) is 2.75. The van der Waals surface area contributed by atoms with Crippen molar-refractivity contribution < 1.29 is 0 Å². The molecule has 0 bridgehead atoms. The number of nitrogens with one attached hydrogen (secondary N) is 1. The molecule has 2 rings (SSSR count). The summed E-state index contributed by atoms with van der Waals surface area (Å²) in [5.74, 6) is 1.01. The molecule has 0 unspecified atom stereocenters. The second-order valence-electron chi connectivity index (χ2n) is 4.80. The highest BCUT2D eigenvalue weighted by molar-refractivity contribution is 5.40. The number of hydrogen-bond acceptors (Lipinski definition) is 3. The molecule has 0 saturated carbocycles. The van der Waals surface area contributed by atoms with Crippen LogP contribution in [0.15, 0.2) is 42.5 Å². The predicted molar refractivity (Wildman–Crippen MR) is 80.3 cm³/mol. The highest BCUT2D eigenvalue weighted by Gasteiger charge is 2.06. The zero-order valence-electron chi connectivity index (χ0n) is 11.9. The first kappa shape index (κ1) is 13.6. The number of pyridine rings is 1. The standard InChI is InChI=1S/C16H21N3/c1-13-7-4-5-8-14(13)12-19(3)16-10-6-9-15(18-16)11-17-2/h4-10,17H,11-12H2,1-3H3. The molecule has 1 aromatic carbocycles. The van der Waals surface area contributed by atoms with Crippen LogP contribution in [-0.4, -0.2) is 19.1 Å². The molecule has 0 spiro atoms. The normalized spacial score (nSPS) is 10.5. The van der Waals surface area contributed by atoms with Crippen LogP contribution < -0.4 is 10.2 Å². The molecule has 3 nitrogen and oxygen atoms in total. The van der Waals surface area contributed by atoms with Crippen LogP contribution in [0.2, 0.25) is 0 Å². The molecule has 0 aliphatic rings. The van der Waals surface area contributed by atoms with Crippen molar-refractivity contribution in [2.75, 3.05) is 19.0 Å². The smallest absolute Gasteiger partial charge is 0.128 e. The molecular formula is C16H21N3. The number of benzene rings is 1. The van der Waals surface area contributed by atoms with Crippen molar-refractivity contribution in [3.63, 3.8) is 0 Å². The quantitative estimate of drug-likeness (QED) is 0.890. The van der Waals surface area contributed by atoms with E-state index in [-0.39, 0.29) is 0 Å². The Labute approximate surface area is 115 Å². The van der Waals surface area contributed by atoms with E-state index in [0.717, 1.165) is 24.6 Å². The Morgan fingerprint density at radius 3 is 2.63 bits per heavy atom. The molecule has 3 heteroatoms. The van der Waals surface area contributed by atoms with Crippen LogP contribution in [0.1, 0.15) is 16.8 Å². The largest absolute Gasteiger partial charge is 0.355 e. The van der Waals surface area contributed by atoms with Crippen molar-refractivity contribution in [1.82, 2.24) is 10.3 Å². The lowest BCUT2D eigenvalue weighted by atomic mass is 10.1. The minimum absolute atomic E-state index is 0.798. The van der Waals surface area contributed by atoms with Gasteiger partial charge in [0.15, 0.2) is 0 Å². The third-order valence-corrected chi connectivity index (χ3v) is 3.21. The van der Waals surface area contributed by atoms with Gasteiger partial charge in [-0.2, -0.15) is 0 Å². The van der Waals surface area contributed by atoms with E-state index in [1.807, 2.05) is 13.1 Å². The minimum atomic E-state index is 0.798. The van der Waals surface area contributed by atoms with Crippen LogP contribution in [0.4, 0.5) is 5.82 Å². The Hall–Kier alpha value is -1.87. The van der Waals surface area contributed by atoms with E-state index in [0.29, 0.717) is 0 Å². The van der Waals surface area contributed by atoms with Gasteiger partial charge >= 0.3 is 0 Å². The first-order chi connectivity index (χ1) is 9.20. The molecule has 0 atom stereocenters. The third kappa shape index (κ3) is 3.55. The average molecular weight is 255 g/mol. The minimum Gasteiger partial charge on any atom is -0.355 e. The molecule has 1 heterocycles. The summed E-state index contributed by atoms with van der Waals surface area (Å²) in [4.78, 5) is 6.83. The fourth-order valence-electron chi connectivity index (χ4n) is 2.08. The highest BCUT2D eigenvalue weighted by atomic mass is 15.2. The lowest BCUT2D eigenvalue weighted by Crippen LogP contribution is -2.19. The molecule has 0 aliphatic carbocycles. The maximum atomic E-state index is 4.65. The number of anilines is 1. The SMILES string of the molecule is CNCc1cccc(N(C)Cc2ccccc2C)n1. The number of hydrogen-bond donors (Lipinski definition) is 1. The summed E-state index contributed by atoms with van der Waals surface area (Å²) >= 11 is 0. The summed E-state index contributed by atoms with van der Waals surface area (Å²) in [5, 5.41) is 3.13. The molecular weight excluding hydrogens is 234 g/mol. The Balaban J connectivity index is 2.13. The Kier molecular flexibility index (Phi) is 4.53. The highest BCUT2D eigenvalue weighted by Crippen LogP contribution is 2.15. The number of aromatic nitrogens is 1. The van der Waals surface area contributed by atoms with E-state index >= 15 is 0 Å². The van der Waals surface area contributed by atoms with E-state index < -0.39 is 0 Å². The van der Waals surface area contributed by atoms with Gasteiger partial charge in [-0.1, -0.05) is 30.3 Å². The van der Waals surface area contributed by atoms with Crippen LogP contribution in [-0.2, 0) is 13.1 Å². The van der Waals surface area contributed by atoms with Crippen molar-refractivity contribution in [1.29, 1.82) is 0 Å². The molecule has 0 radical (unpaired) electrons. The molecule has 0 fully saturated rings. The second-order valence-corrected chi connectivity index (χ2v) is 4.80. The van der Waals surface area contributed by atoms with Gasteiger partial charge in [-0.15, -0.1) is 0 Å². The van der Waals surface area contributed by atoms with Gasteiger partial charge in [-0.25, -0.2) is 4.98 Å². The lowest BCUT2D eigenvalue weighted by molar-refractivity contribution is 0.783. The van der Waals surface area contributed by atoms with Gasteiger partial charge in [-0.05, 0) is 37.2 Å². The van der Waals surface area contributed by atoms with E-state index in [9.17, 15) is 0 Å². The summed E-state index contributed by atoms with van der Waals surface area (Å²) in [6.07, 6.45) is 0. The van der Waals surface area contributed by atoms with E-state index in [1.165, 1.54) is 11.1 Å². The van der Waals surface area contributed by atoms with E-state index in [1.54, 1.807) is 0 Å².